The van der Waals surface area contributed by atoms with Gasteiger partial charge in [0.05, 0.1) is 12.5 Å². The Morgan fingerprint density at radius 3 is 2.31 bits per heavy atom. The second kappa shape index (κ2) is 8.08. The van der Waals surface area contributed by atoms with Gasteiger partial charge in [0.15, 0.2) is 11.2 Å². The Hall–Kier alpha value is -3.14. The van der Waals surface area contributed by atoms with Crippen molar-refractivity contribution in [2.24, 2.45) is 0 Å². The van der Waals surface area contributed by atoms with Gasteiger partial charge in [0.1, 0.15) is 5.82 Å². The number of nitrogens with zero attached hydrogens (tertiary/aromatic N) is 5. The summed E-state index contributed by atoms with van der Waals surface area (Å²) in [5.41, 5.74) is 0.788. The van der Waals surface area contributed by atoms with E-state index >= 15 is 0 Å². The van der Waals surface area contributed by atoms with Crippen LogP contribution < -0.4 is 11.2 Å². The molecule has 152 valence electrons. The maximum Gasteiger partial charge on any atom is 0.332 e. The molecule has 0 saturated carbocycles. The average molecular weight is 393 g/mol. The van der Waals surface area contributed by atoms with Crippen LogP contribution in [0.5, 0.6) is 0 Å². The summed E-state index contributed by atoms with van der Waals surface area (Å²) >= 11 is 0. The molecule has 7 nitrogen and oxygen atoms in total. The molecule has 0 aliphatic heterocycles. The van der Waals surface area contributed by atoms with E-state index in [0.29, 0.717) is 30.7 Å². The van der Waals surface area contributed by atoms with Gasteiger partial charge in [0.2, 0.25) is 0 Å². The van der Waals surface area contributed by atoms with Crippen LogP contribution in [-0.4, -0.2) is 18.7 Å². The summed E-state index contributed by atoms with van der Waals surface area (Å²) in [7, 11) is 0. The number of fused-ring (bicyclic) bond motifs is 1. The number of benzene rings is 1. The predicted octanol–water partition coefficient (Wildman–Crippen LogP) is 3.03. The molecule has 0 amide bonds. The van der Waals surface area contributed by atoms with Crippen LogP contribution >= 0.6 is 0 Å². The van der Waals surface area contributed by atoms with E-state index in [-0.39, 0.29) is 23.9 Å². The van der Waals surface area contributed by atoms with E-state index in [1.807, 2.05) is 62.6 Å². The zero-order chi connectivity index (χ0) is 21.2. The van der Waals surface area contributed by atoms with Gasteiger partial charge in [-0.05, 0) is 12.0 Å². The molecular weight excluding hydrogens is 366 g/mol. The van der Waals surface area contributed by atoms with Gasteiger partial charge >= 0.3 is 5.69 Å². The zero-order valence-corrected chi connectivity index (χ0v) is 17.5. The Labute approximate surface area is 169 Å². The smallest absolute Gasteiger partial charge is 0.317 e. The first kappa shape index (κ1) is 20.6. The normalized spacial score (nSPS) is 11.7. The van der Waals surface area contributed by atoms with Gasteiger partial charge in [0.25, 0.3) is 5.56 Å². The molecule has 3 rings (SSSR count). The first-order valence-electron chi connectivity index (χ1n) is 9.94. The maximum absolute atomic E-state index is 13.3. The van der Waals surface area contributed by atoms with Crippen LogP contribution in [0.2, 0.25) is 0 Å². The van der Waals surface area contributed by atoms with E-state index in [2.05, 4.69) is 6.07 Å². The molecule has 2 aromatic heterocycles. The van der Waals surface area contributed by atoms with E-state index in [0.717, 1.165) is 11.4 Å². The summed E-state index contributed by atoms with van der Waals surface area (Å²) in [5.74, 6) is 0.743. The molecule has 0 spiro atoms. The van der Waals surface area contributed by atoms with Crippen LogP contribution in [0.25, 0.3) is 11.2 Å². The highest BCUT2D eigenvalue weighted by Crippen LogP contribution is 2.25. The van der Waals surface area contributed by atoms with Crippen LogP contribution in [-0.2, 0) is 25.0 Å². The van der Waals surface area contributed by atoms with Crippen molar-refractivity contribution in [2.45, 2.75) is 65.6 Å². The van der Waals surface area contributed by atoms with Gasteiger partial charge in [-0.15, -0.1) is 0 Å². The molecule has 29 heavy (non-hydrogen) atoms. The number of imidazole rings is 1. The Kier molecular flexibility index (Phi) is 5.73. The number of nitriles is 1. The highest BCUT2D eigenvalue weighted by atomic mass is 16.2. The van der Waals surface area contributed by atoms with Crippen LogP contribution in [0.3, 0.4) is 0 Å². The number of aryl methyl sites for hydroxylation is 1. The topological polar surface area (TPSA) is 85.6 Å². The van der Waals surface area contributed by atoms with Gasteiger partial charge < -0.3 is 4.57 Å². The second-order valence-electron chi connectivity index (χ2n) is 8.23. The molecule has 0 unspecified atom stereocenters. The van der Waals surface area contributed by atoms with Gasteiger partial charge in [-0.3, -0.25) is 13.9 Å². The number of aromatic nitrogens is 4. The molecule has 0 atom stereocenters. The monoisotopic (exact) mass is 393 g/mol. The molecule has 3 aromatic rings. The largest absolute Gasteiger partial charge is 0.332 e. The van der Waals surface area contributed by atoms with E-state index in [9.17, 15) is 9.59 Å². The lowest BCUT2D eigenvalue weighted by Crippen LogP contribution is -2.40. The predicted molar refractivity (Wildman–Crippen MR) is 113 cm³/mol. The number of rotatable bonds is 6. The minimum atomic E-state index is -0.399. The lowest BCUT2D eigenvalue weighted by atomic mass is 9.95. The lowest BCUT2D eigenvalue weighted by molar-refractivity contribution is 0.515. The van der Waals surface area contributed by atoms with E-state index < -0.39 is 5.69 Å². The molecule has 0 aliphatic carbocycles. The summed E-state index contributed by atoms with van der Waals surface area (Å²) < 4.78 is 4.68. The van der Waals surface area contributed by atoms with Crippen molar-refractivity contribution in [3.8, 4) is 6.07 Å². The Bertz CT molecular complexity index is 1170. The van der Waals surface area contributed by atoms with Gasteiger partial charge in [0, 0.05) is 25.0 Å². The molecule has 0 N–H and O–H groups in total. The minimum Gasteiger partial charge on any atom is -0.317 e. The quantitative estimate of drug-likeness (QED) is 0.644. The van der Waals surface area contributed by atoms with Crippen molar-refractivity contribution in [1.29, 1.82) is 5.26 Å². The van der Waals surface area contributed by atoms with Crippen LogP contribution in [0.4, 0.5) is 0 Å². The highest BCUT2D eigenvalue weighted by Gasteiger charge is 2.27. The number of hydrogen-bond acceptors (Lipinski definition) is 4. The fraction of sp³-hybridized carbons (Fsp3) is 0.455. The van der Waals surface area contributed by atoms with Gasteiger partial charge in [-0.1, -0.05) is 58.0 Å². The van der Waals surface area contributed by atoms with Crippen molar-refractivity contribution in [1.82, 2.24) is 18.7 Å². The van der Waals surface area contributed by atoms with Crippen molar-refractivity contribution >= 4 is 11.2 Å². The third kappa shape index (κ3) is 3.88. The Morgan fingerprint density at radius 2 is 1.72 bits per heavy atom. The minimum absolute atomic E-state index is 0.176. The molecule has 0 saturated heterocycles. The first-order chi connectivity index (χ1) is 13.8. The van der Waals surface area contributed by atoms with E-state index in [4.69, 9.17) is 10.2 Å². The Balaban J connectivity index is 2.40. The summed E-state index contributed by atoms with van der Waals surface area (Å²) in [6.07, 6.45) is 0.841. The average Bonchev–Trinajstić information content (AvgIpc) is 3.05. The first-order valence-corrected chi connectivity index (χ1v) is 9.94. The maximum atomic E-state index is 13.3. The summed E-state index contributed by atoms with van der Waals surface area (Å²) in [6, 6.07) is 12.0. The fourth-order valence-electron chi connectivity index (χ4n) is 3.57. The molecule has 1 aromatic carbocycles. The van der Waals surface area contributed by atoms with Crippen molar-refractivity contribution < 1.29 is 0 Å². The van der Waals surface area contributed by atoms with Crippen molar-refractivity contribution in [3.05, 3.63) is 62.6 Å². The summed E-state index contributed by atoms with van der Waals surface area (Å²) in [6.45, 7) is 9.08. The Morgan fingerprint density at radius 1 is 1.03 bits per heavy atom. The fourth-order valence-corrected chi connectivity index (χ4v) is 3.57. The summed E-state index contributed by atoms with van der Waals surface area (Å²) in [4.78, 5) is 31.1. The molecule has 0 aliphatic rings. The molecule has 0 bridgehead atoms. The molecule has 0 radical (unpaired) electrons. The zero-order valence-electron chi connectivity index (χ0n) is 17.5. The lowest BCUT2D eigenvalue weighted by Gasteiger charge is -2.20. The number of hydrogen-bond donors (Lipinski definition) is 0. The van der Waals surface area contributed by atoms with Crippen LogP contribution in [0.15, 0.2) is 39.9 Å². The van der Waals surface area contributed by atoms with E-state index in [1.165, 1.54) is 9.13 Å². The van der Waals surface area contributed by atoms with Crippen LogP contribution in [0.1, 0.15) is 51.9 Å². The molecule has 7 heteroatoms. The van der Waals surface area contributed by atoms with E-state index in [1.54, 1.807) is 0 Å². The SMILES string of the molecule is CCCn1c(=O)c2c(nc(C(C)(C)C)n2Cc2ccccc2)n(CCC#N)c1=O. The van der Waals surface area contributed by atoms with Crippen LogP contribution in [0, 0.1) is 11.3 Å². The highest BCUT2D eigenvalue weighted by molar-refractivity contribution is 5.71. The molecular formula is C22H27N5O2. The summed E-state index contributed by atoms with van der Waals surface area (Å²) in [5, 5.41) is 9.04. The standard InChI is InChI=1S/C22H27N5O2/c1-5-13-26-19(28)17-18(25(21(26)29)14-9-12-23)24-20(22(2,3)4)27(17)15-16-10-7-6-8-11-16/h6-8,10-11H,5,9,13-15H2,1-4H3. The van der Waals surface area contributed by atoms with Crippen molar-refractivity contribution in [3.63, 3.8) is 0 Å². The second-order valence-corrected chi connectivity index (χ2v) is 8.23. The van der Waals surface area contributed by atoms with Gasteiger partial charge in [-0.25, -0.2) is 9.78 Å². The molecule has 0 fully saturated rings. The van der Waals surface area contributed by atoms with Crippen molar-refractivity contribution in [2.75, 3.05) is 0 Å². The third-order valence-electron chi connectivity index (χ3n) is 4.86. The third-order valence-corrected chi connectivity index (χ3v) is 4.86. The van der Waals surface area contributed by atoms with Gasteiger partial charge in [-0.2, -0.15) is 5.26 Å². The molecule has 2 heterocycles.